The minimum Gasteiger partial charge on any atom is -0.462 e. The van der Waals surface area contributed by atoms with Crippen LogP contribution < -0.4 is 5.32 Å². The van der Waals surface area contributed by atoms with Gasteiger partial charge in [0.2, 0.25) is 0 Å². The third kappa shape index (κ3) is 5.10. The maximum Gasteiger partial charge on any atom is 0.307 e. The second-order valence-electron chi connectivity index (χ2n) is 8.98. The highest BCUT2D eigenvalue weighted by Crippen LogP contribution is 2.38. The smallest absolute Gasteiger partial charge is 0.307 e. The van der Waals surface area contributed by atoms with Gasteiger partial charge in [-0.2, -0.15) is 0 Å². The zero-order valence-corrected chi connectivity index (χ0v) is 19.4. The summed E-state index contributed by atoms with van der Waals surface area (Å²) in [7, 11) is -2.00. The van der Waals surface area contributed by atoms with Crippen molar-refractivity contribution < 1.29 is 22.7 Å². The number of ether oxygens (including phenoxy) is 1. The lowest BCUT2D eigenvalue weighted by molar-refractivity contribution is -0.151. The number of carbonyl (C=O) groups excluding carboxylic acids is 2. The molecule has 1 aromatic rings. The minimum atomic E-state index is -4.04. The van der Waals surface area contributed by atoms with Gasteiger partial charge in [0.1, 0.15) is 16.7 Å². The normalized spacial score (nSPS) is 20.3. The van der Waals surface area contributed by atoms with Crippen LogP contribution in [0.5, 0.6) is 0 Å². The average Bonchev–Trinajstić information content (AvgIpc) is 2.89. The first-order valence-electron chi connectivity index (χ1n) is 10.5. The molecule has 0 aliphatic carbocycles. The van der Waals surface area contributed by atoms with Crippen LogP contribution in [0.3, 0.4) is 0 Å². The molecular formula is C22H31N3O5S. The van der Waals surface area contributed by atoms with Crippen LogP contribution in [-0.2, 0) is 24.3 Å². The van der Waals surface area contributed by atoms with Gasteiger partial charge >= 0.3 is 5.97 Å². The van der Waals surface area contributed by atoms with E-state index >= 15 is 0 Å². The second kappa shape index (κ2) is 9.00. The van der Waals surface area contributed by atoms with Crippen molar-refractivity contribution in [1.29, 1.82) is 0 Å². The molecule has 31 heavy (non-hydrogen) atoms. The van der Waals surface area contributed by atoms with E-state index in [-0.39, 0.29) is 35.6 Å². The Morgan fingerprint density at radius 3 is 2.35 bits per heavy atom. The van der Waals surface area contributed by atoms with Crippen molar-refractivity contribution in [1.82, 2.24) is 14.5 Å². The Labute approximate surface area is 184 Å². The molecular weight excluding hydrogens is 418 g/mol. The summed E-state index contributed by atoms with van der Waals surface area (Å²) < 4.78 is 32.9. The average molecular weight is 450 g/mol. The molecule has 170 valence electrons. The summed E-state index contributed by atoms with van der Waals surface area (Å²) in [6.45, 7) is 6.90. The summed E-state index contributed by atoms with van der Waals surface area (Å²) in [5.41, 5.74) is -0.501. The van der Waals surface area contributed by atoms with E-state index in [9.17, 15) is 18.0 Å². The van der Waals surface area contributed by atoms with Crippen LogP contribution in [0.25, 0.3) is 4.91 Å². The van der Waals surface area contributed by atoms with Gasteiger partial charge in [-0.1, -0.05) is 30.3 Å². The minimum absolute atomic E-state index is 0.00628. The van der Waals surface area contributed by atoms with Gasteiger partial charge < -0.3 is 15.0 Å². The monoisotopic (exact) mass is 449 g/mol. The Morgan fingerprint density at radius 2 is 1.77 bits per heavy atom. The Bertz CT molecular complexity index is 959. The predicted octanol–water partition coefficient (Wildman–Crippen LogP) is 1.94. The SMILES string of the molecule is CN1CCC(OC(=O)CCNC2=C(c3ccccc3)S(=O)(=O)N(C(C)(C)C)C2=O)CC1. The number of likely N-dealkylation sites (tertiary alicyclic amines) is 1. The summed E-state index contributed by atoms with van der Waals surface area (Å²) in [6.07, 6.45) is 1.56. The van der Waals surface area contributed by atoms with Gasteiger partial charge in [0.05, 0.1) is 12.0 Å². The second-order valence-corrected chi connectivity index (χ2v) is 10.7. The van der Waals surface area contributed by atoms with Crippen LogP contribution in [0.1, 0.15) is 45.6 Å². The molecule has 2 heterocycles. The largest absolute Gasteiger partial charge is 0.462 e. The number of esters is 1. The number of amides is 1. The number of carbonyl (C=O) groups is 2. The summed E-state index contributed by atoms with van der Waals surface area (Å²) in [4.78, 5) is 27.5. The van der Waals surface area contributed by atoms with Gasteiger partial charge in [-0.05, 0) is 46.2 Å². The van der Waals surface area contributed by atoms with Crippen LogP contribution in [0.2, 0.25) is 0 Å². The van der Waals surface area contributed by atoms with Crippen LogP contribution >= 0.6 is 0 Å². The van der Waals surface area contributed by atoms with Crippen molar-refractivity contribution in [3.05, 3.63) is 41.6 Å². The number of hydrogen-bond acceptors (Lipinski definition) is 7. The Hall–Kier alpha value is -2.39. The Balaban J connectivity index is 1.75. The molecule has 0 spiro atoms. The van der Waals surface area contributed by atoms with E-state index < -0.39 is 21.5 Å². The van der Waals surface area contributed by atoms with E-state index in [1.165, 1.54) is 0 Å². The van der Waals surface area contributed by atoms with Gasteiger partial charge in [-0.25, -0.2) is 12.7 Å². The first-order valence-corrected chi connectivity index (χ1v) is 12.0. The van der Waals surface area contributed by atoms with Crippen LogP contribution in [-0.4, -0.2) is 67.8 Å². The number of piperidine rings is 1. The zero-order chi connectivity index (χ0) is 22.8. The highest BCUT2D eigenvalue weighted by molar-refractivity contribution is 7.99. The summed E-state index contributed by atoms with van der Waals surface area (Å²) in [5.74, 6) is -0.972. The summed E-state index contributed by atoms with van der Waals surface area (Å²) in [5, 5.41) is 2.91. The number of nitrogens with zero attached hydrogens (tertiary/aromatic N) is 2. The quantitative estimate of drug-likeness (QED) is 0.663. The van der Waals surface area contributed by atoms with Crippen LogP contribution in [0.15, 0.2) is 36.0 Å². The molecule has 3 rings (SSSR count). The lowest BCUT2D eigenvalue weighted by Crippen LogP contribution is -2.46. The lowest BCUT2D eigenvalue weighted by atomic mass is 10.1. The van der Waals surface area contributed by atoms with Gasteiger partial charge in [0.25, 0.3) is 15.9 Å². The molecule has 1 fully saturated rings. The topological polar surface area (TPSA) is 96.0 Å². The maximum atomic E-state index is 13.3. The fraction of sp³-hybridized carbons (Fsp3) is 0.545. The third-order valence-electron chi connectivity index (χ3n) is 5.36. The van der Waals surface area contributed by atoms with Crippen molar-refractivity contribution in [2.75, 3.05) is 26.7 Å². The third-order valence-corrected chi connectivity index (χ3v) is 7.51. The molecule has 9 heteroatoms. The molecule has 1 amide bonds. The van der Waals surface area contributed by atoms with Gasteiger partial charge in [-0.3, -0.25) is 9.59 Å². The van der Waals surface area contributed by atoms with E-state index in [1.54, 1.807) is 51.1 Å². The standard InChI is InChI=1S/C22H31N3O5S/c1-22(2,3)25-21(27)19(20(31(25,28)29)16-8-6-5-7-9-16)23-13-10-18(26)30-17-11-14-24(4)15-12-17/h5-9,17,23H,10-15H2,1-4H3. The molecule has 1 N–H and O–H groups in total. The maximum absolute atomic E-state index is 13.3. The lowest BCUT2D eigenvalue weighted by Gasteiger charge is -2.30. The van der Waals surface area contributed by atoms with Crippen molar-refractivity contribution in [3.63, 3.8) is 0 Å². The highest BCUT2D eigenvalue weighted by Gasteiger charge is 2.49. The molecule has 0 saturated carbocycles. The molecule has 2 aliphatic rings. The highest BCUT2D eigenvalue weighted by atomic mass is 32.2. The molecule has 2 aliphatic heterocycles. The van der Waals surface area contributed by atoms with Gasteiger partial charge in [0.15, 0.2) is 0 Å². The van der Waals surface area contributed by atoms with E-state index in [4.69, 9.17) is 4.74 Å². The van der Waals surface area contributed by atoms with Crippen molar-refractivity contribution >= 4 is 26.8 Å². The number of hydrogen-bond donors (Lipinski definition) is 1. The number of benzene rings is 1. The fourth-order valence-corrected chi connectivity index (χ4v) is 5.93. The first-order chi connectivity index (χ1) is 14.5. The molecule has 1 saturated heterocycles. The first kappa shape index (κ1) is 23.3. The van der Waals surface area contributed by atoms with Crippen LogP contribution in [0, 0.1) is 0 Å². The van der Waals surface area contributed by atoms with Crippen molar-refractivity contribution in [2.45, 2.75) is 51.7 Å². The molecule has 0 aromatic heterocycles. The number of rotatable bonds is 6. The summed E-state index contributed by atoms with van der Waals surface area (Å²) >= 11 is 0. The van der Waals surface area contributed by atoms with Crippen LogP contribution in [0.4, 0.5) is 0 Å². The van der Waals surface area contributed by atoms with E-state index in [1.807, 2.05) is 7.05 Å². The number of nitrogens with one attached hydrogen (secondary N) is 1. The van der Waals surface area contributed by atoms with Crippen molar-refractivity contribution in [2.24, 2.45) is 0 Å². The van der Waals surface area contributed by atoms with Crippen molar-refractivity contribution in [3.8, 4) is 0 Å². The molecule has 0 bridgehead atoms. The number of sulfonamides is 1. The van der Waals surface area contributed by atoms with E-state index in [0.717, 1.165) is 30.2 Å². The molecule has 0 radical (unpaired) electrons. The Kier molecular flexibility index (Phi) is 6.76. The molecule has 0 atom stereocenters. The van der Waals surface area contributed by atoms with E-state index in [0.29, 0.717) is 5.56 Å². The molecule has 1 aromatic carbocycles. The zero-order valence-electron chi connectivity index (χ0n) is 18.6. The molecule has 0 unspecified atom stereocenters. The fourth-order valence-electron chi connectivity index (χ4n) is 3.87. The summed E-state index contributed by atoms with van der Waals surface area (Å²) in [6, 6.07) is 8.53. The van der Waals surface area contributed by atoms with E-state index in [2.05, 4.69) is 10.2 Å². The Morgan fingerprint density at radius 1 is 1.16 bits per heavy atom. The van der Waals surface area contributed by atoms with Gasteiger partial charge in [0, 0.05) is 19.6 Å². The van der Waals surface area contributed by atoms with Gasteiger partial charge in [-0.15, -0.1) is 0 Å². The predicted molar refractivity (Wildman–Crippen MR) is 118 cm³/mol. The molecule has 8 nitrogen and oxygen atoms in total.